The lowest BCUT2D eigenvalue weighted by molar-refractivity contribution is -0.156. The molecule has 24 heavy (non-hydrogen) atoms. The van der Waals surface area contributed by atoms with Crippen LogP contribution in [-0.4, -0.2) is 44.3 Å². The van der Waals surface area contributed by atoms with E-state index in [9.17, 15) is 19.2 Å². The van der Waals surface area contributed by atoms with Gasteiger partial charge in [0.2, 0.25) is 0 Å². The van der Waals surface area contributed by atoms with Crippen LogP contribution in [0.3, 0.4) is 0 Å². The third-order valence-electron chi connectivity index (χ3n) is 5.03. The van der Waals surface area contributed by atoms with Gasteiger partial charge in [0.15, 0.2) is 11.8 Å². The molecule has 3 unspecified atom stereocenters. The van der Waals surface area contributed by atoms with Crippen LogP contribution < -0.4 is 0 Å². The Balaban J connectivity index is 2.49. The van der Waals surface area contributed by atoms with Crippen LogP contribution in [0.4, 0.5) is 0 Å². The van der Waals surface area contributed by atoms with Gasteiger partial charge in [-0.3, -0.25) is 19.2 Å². The van der Waals surface area contributed by atoms with Gasteiger partial charge in [0.25, 0.3) is 0 Å². The second kappa shape index (κ2) is 8.65. The smallest absolute Gasteiger partial charge is 0.317 e. The summed E-state index contributed by atoms with van der Waals surface area (Å²) in [5.41, 5.74) is 0. The van der Waals surface area contributed by atoms with E-state index in [1.54, 1.807) is 0 Å². The zero-order chi connectivity index (χ0) is 18.4. The third-order valence-corrected chi connectivity index (χ3v) is 5.03. The zero-order valence-electron chi connectivity index (χ0n) is 13.6. The van der Waals surface area contributed by atoms with Gasteiger partial charge in [-0.05, 0) is 56.3 Å². The lowest BCUT2D eigenvalue weighted by atomic mass is 9.89. The second-order valence-corrected chi connectivity index (χ2v) is 6.69. The second-order valence-electron chi connectivity index (χ2n) is 6.69. The molecule has 0 spiro atoms. The van der Waals surface area contributed by atoms with Crippen molar-refractivity contribution in [2.75, 3.05) is 0 Å². The predicted molar refractivity (Wildman–Crippen MR) is 81.4 cm³/mol. The highest BCUT2D eigenvalue weighted by atomic mass is 16.4. The van der Waals surface area contributed by atoms with Crippen molar-refractivity contribution >= 4 is 23.9 Å². The Hall–Kier alpha value is -2.12. The molecule has 1 fully saturated rings. The van der Waals surface area contributed by atoms with E-state index in [4.69, 9.17) is 20.4 Å². The van der Waals surface area contributed by atoms with Crippen molar-refractivity contribution in [3.8, 4) is 0 Å². The summed E-state index contributed by atoms with van der Waals surface area (Å²) in [5, 5.41) is 35.5. The molecular weight excluding hydrogens is 320 g/mol. The van der Waals surface area contributed by atoms with E-state index in [2.05, 4.69) is 0 Å². The minimum Gasteiger partial charge on any atom is -0.481 e. The molecule has 0 aromatic carbocycles. The molecule has 0 aliphatic heterocycles. The normalized spacial score (nSPS) is 23.5. The molecule has 1 rings (SSSR count). The highest BCUT2D eigenvalue weighted by molar-refractivity contribution is 5.93. The molecule has 0 bridgehead atoms. The molecule has 0 heterocycles. The first-order valence-electron chi connectivity index (χ1n) is 8.04. The van der Waals surface area contributed by atoms with E-state index in [-0.39, 0.29) is 30.6 Å². The third kappa shape index (κ3) is 5.50. The summed E-state index contributed by atoms with van der Waals surface area (Å²) in [6.07, 6.45) is 2.69. The number of carboxylic acid groups (broad SMARTS) is 4. The summed E-state index contributed by atoms with van der Waals surface area (Å²) in [5.74, 6) is -7.49. The van der Waals surface area contributed by atoms with E-state index in [0.29, 0.717) is 12.8 Å². The van der Waals surface area contributed by atoms with E-state index < -0.39 is 35.7 Å². The standard InChI is InChI=1S/C16H24O8/c1-8-6-9(2-4-11(13(17)18)14(19)20)7-10(8)3-5-12(15(21)22)16(23)24/h8-12H,2-7H2,1H3,(H,17,18)(H,19,20)(H,21,22)(H,23,24). The average molecular weight is 344 g/mol. The van der Waals surface area contributed by atoms with Crippen molar-refractivity contribution < 1.29 is 39.6 Å². The summed E-state index contributed by atoms with van der Waals surface area (Å²) < 4.78 is 0. The van der Waals surface area contributed by atoms with Crippen molar-refractivity contribution in [3.63, 3.8) is 0 Å². The van der Waals surface area contributed by atoms with Crippen molar-refractivity contribution in [2.45, 2.75) is 45.4 Å². The fourth-order valence-electron chi connectivity index (χ4n) is 3.60. The molecular formula is C16H24O8. The van der Waals surface area contributed by atoms with Gasteiger partial charge in [-0.1, -0.05) is 6.92 Å². The van der Waals surface area contributed by atoms with Crippen LogP contribution in [0.15, 0.2) is 0 Å². The molecule has 0 aromatic rings. The van der Waals surface area contributed by atoms with Gasteiger partial charge in [-0.25, -0.2) is 0 Å². The molecule has 1 aliphatic carbocycles. The van der Waals surface area contributed by atoms with Crippen molar-refractivity contribution in [1.29, 1.82) is 0 Å². The van der Waals surface area contributed by atoms with Gasteiger partial charge < -0.3 is 20.4 Å². The van der Waals surface area contributed by atoms with Crippen molar-refractivity contribution in [1.82, 2.24) is 0 Å². The Labute approximate surface area is 139 Å². The number of carbonyl (C=O) groups is 4. The lowest BCUT2D eigenvalue weighted by Gasteiger charge is -2.16. The van der Waals surface area contributed by atoms with Crippen LogP contribution in [-0.2, 0) is 19.2 Å². The molecule has 8 heteroatoms. The first-order valence-corrected chi connectivity index (χ1v) is 8.04. The highest BCUT2D eigenvalue weighted by Gasteiger charge is 2.35. The topological polar surface area (TPSA) is 149 Å². The molecule has 1 aliphatic rings. The van der Waals surface area contributed by atoms with Gasteiger partial charge in [0.05, 0.1) is 0 Å². The van der Waals surface area contributed by atoms with Gasteiger partial charge in [0.1, 0.15) is 0 Å². The van der Waals surface area contributed by atoms with Crippen LogP contribution in [0.2, 0.25) is 0 Å². The summed E-state index contributed by atoms with van der Waals surface area (Å²) >= 11 is 0. The molecule has 0 aromatic heterocycles. The molecule has 1 saturated carbocycles. The Morgan fingerprint density at radius 3 is 1.62 bits per heavy atom. The maximum atomic E-state index is 10.9. The largest absolute Gasteiger partial charge is 0.481 e. The first kappa shape index (κ1) is 19.9. The average Bonchev–Trinajstić information content (AvgIpc) is 2.78. The summed E-state index contributed by atoms with van der Waals surface area (Å²) in [7, 11) is 0. The van der Waals surface area contributed by atoms with Crippen molar-refractivity contribution in [3.05, 3.63) is 0 Å². The highest BCUT2D eigenvalue weighted by Crippen LogP contribution is 2.41. The van der Waals surface area contributed by atoms with Crippen LogP contribution in [0, 0.1) is 29.6 Å². The van der Waals surface area contributed by atoms with Crippen LogP contribution >= 0.6 is 0 Å². The molecule has 136 valence electrons. The number of aliphatic carboxylic acids is 4. The van der Waals surface area contributed by atoms with E-state index in [0.717, 1.165) is 12.8 Å². The Bertz CT molecular complexity index is 472. The Morgan fingerprint density at radius 2 is 1.21 bits per heavy atom. The minimum atomic E-state index is -1.40. The minimum absolute atomic E-state index is 0.0687. The van der Waals surface area contributed by atoms with Gasteiger partial charge in [-0.15, -0.1) is 0 Å². The first-order chi connectivity index (χ1) is 11.1. The number of rotatable bonds is 10. The van der Waals surface area contributed by atoms with Gasteiger partial charge in [-0.2, -0.15) is 0 Å². The van der Waals surface area contributed by atoms with Crippen LogP contribution in [0.25, 0.3) is 0 Å². The maximum absolute atomic E-state index is 10.9. The number of carboxylic acids is 4. The lowest BCUT2D eigenvalue weighted by Crippen LogP contribution is -2.24. The van der Waals surface area contributed by atoms with Gasteiger partial charge >= 0.3 is 23.9 Å². The molecule has 8 nitrogen and oxygen atoms in total. The summed E-state index contributed by atoms with van der Waals surface area (Å²) in [6, 6.07) is 0. The number of hydrogen-bond donors (Lipinski definition) is 4. The molecule has 0 amide bonds. The van der Waals surface area contributed by atoms with E-state index in [1.165, 1.54) is 0 Å². The Morgan fingerprint density at radius 1 is 0.792 bits per heavy atom. The Kier molecular flexibility index (Phi) is 7.18. The quantitative estimate of drug-likeness (QED) is 0.438. The SMILES string of the molecule is CC1CC(CCC(C(=O)O)C(=O)O)CC1CCC(C(=O)O)C(=O)O. The summed E-state index contributed by atoms with van der Waals surface area (Å²) in [6.45, 7) is 2.01. The van der Waals surface area contributed by atoms with Crippen molar-refractivity contribution in [2.24, 2.45) is 29.6 Å². The van der Waals surface area contributed by atoms with Crippen LogP contribution in [0.1, 0.15) is 45.4 Å². The van der Waals surface area contributed by atoms with E-state index >= 15 is 0 Å². The van der Waals surface area contributed by atoms with Crippen LogP contribution in [0.5, 0.6) is 0 Å². The summed E-state index contributed by atoms with van der Waals surface area (Å²) in [4.78, 5) is 43.6. The molecule has 4 N–H and O–H groups in total. The molecule has 3 atom stereocenters. The fraction of sp³-hybridized carbons (Fsp3) is 0.750. The predicted octanol–water partition coefficient (Wildman–Crippen LogP) is 1.78. The number of hydrogen-bond acceptors (Lipinski definition) is 4. The molecule has 0 radical (unpaired) electrons. The monoisotopic (exact) mass is 344 g/mol. The van der Waals surface area contributed by atoms with Gasteiger partial charge in [0, 0.05) is 0 Å². The maximum Gasteiger partial charge on any atom is 0.317 e. The van der Waals surface area contributed by atoms with E-state index in [1.807, 2.05) is 6.92 Å². The zero-order valence-corrected chi connectivity index (χ0v) is 13.6. The fourth-order valence-corrected chi connectivity index (χ4v) is 3.60. The molecule has 0 saturated heterocycles.